The van der Waals surface area contributed by atoms with Crippen LogP contribution >= 0.6 is 0 Å². The van der Waals surface area contributed by atoms with Crippen molar-refractivity contribution in [3.8, 4) is 11.3 Å². The van der Waals surface area contributed by atoms with Crippen molar-refractivity contribution >= 4 is 9.84 Å². The minimum absolute atomic E-state index is 0.270. The largest absolute Gasteiger partial charge is 0.464 e. The summed E-state index contributed by atoms with van der Waals surface area (Å²) < 4.78 is 71.0. The molecule has 0 saturated carbocycles. The summed E-state index contributed by atoms with van der Waals surface area (Å²) in [7, 11) is -3.47. The highest BCUT2D eigenvalue weighted by Gasteiger charge is 2.34. The lowest BCUT2D eigenvalue weighted by molar-refractivity contribution is -0.138. The molecule has 0 atom stereocenters. The lowest BCUT2D eigenvalue weighted by Crippen LogP contribution is -2.40. The number of likely N-dealkylation sites (tertiary alicyclic amines) is 1. The maximum Gasteiger partial charge on any atom is 0.416 e. The van der Waals surface area contributed by atoms with Gasteiger partial charge in [-0.3, -0.25) is 0 Å². The minimum Gasteiger partial charge on any atom is -0.464 e. The van der Waals surface area contributed by atoms with Gasteiger partial charge in [0.2, 0.25) is 0 Å². The molecule has 0 N–H and O–H groups in total. The van der Waals surface area contributed by atoms with Crippen molar-refractivity contribution in [3.05, 3.63) is 78.1 Å². The van der Waals surface area contributed by atoms with Crippen molar-refractivity contribution in [2.45, 2.75) is 35.6 Å². The van der Waals surface area contributed by atoms with Gasteiger partial charge in [0.1, 0.15) is 5.76 Å². The molecule has 3 aromatic rings. The first-order valence-corrected chi connectivity index (χ1v) is 12.0. The Morgan fingerprint density at radius 3 is 2.25 bits per heavy atom. The van der Waals surface area contributed by atoms with E-state index in [0.29, 0.717) is 38.2 Å². The normalized spacial score (nSPS) is 16.3. The molecule has 1 saturated heterocycles. The van der Waals surface area contributed by atoms with E-state index in [1.165, 1.54) is 12.1 Å². The van der Waals surface area contributed by atoms with Gasteiger partial charge in [-0.15, -0.1) is 0 Å². The Hall–Kier alpha value is -2.58. The second-order valence-corrected chi connectivity index (χ2v) is 10.2. The maximum absolute atomic E-state index is 13.2. The number of rotatable bonds is 6. The first-order valence-electron chi connectivity index (χ1n) is 10.5. The van der Waals surface area contributed by atoms with Crippen LogP contribution in [0.1, 0.15) is 24.0 Å². The number of alkyl halides is 3. The summed E-state index contributed by atoms with van der Waals surface area (Å²) in [5, 5.41) is -0.490. The third-order valence-corrected chi connectivity index (χ3v) is 8.26. The van der Waals surface area contributed by atoms with Gasteiger partial charge in [0.15, 0.2) is 9.84 Å². The van der Waals surface area contributed by atoms with Crippen molar-refractivity contribution in [2.24, 2.45) is 0 Å². The Morgan fingerprint density at radius 2 is 1.62 bits per heavy atom. The fraction of sp³-hybridized carbons (Fsp3) is 0.333. The average molecular weight is 464 g/mol. The Morgan fingerprint density at radius 1 is 0.938 bits per heavy atom. The summed E-state index contributed by atoms with van der Waals surface area (Å²) >= 11 is 0. The summed E-state index contributed by atoms with van der Waals surface area (Å²) in [4.78, 5) is 2.32. The zero-order valence-electron chi connectivity index (χ0n) is 17.4. The third kappa shape index (κ3) is 4.91. The molecule has 0 amide bonds. The molecular formula is C24H24F3NO3S. The quantitative estimate of drug-likeness (QED) is 0.488. The molecule has 2 heterocycles. The van der Waals surface area contributed by atoms with Gasteiger partial charge in [0, 0.05) is 12.1 Å². The molecule has 0 spiro atoms. The number of piperidine rings is 1. The molecule has 2 aromatic carbocycles. The van der Waals surface area contributed by atoms with Crippen LogP contribution in [0, 0.1) is 0 Å². The number of benzene rings is 2. The van der Waals surface area contributed by atoms with Crippen LogP contribution in [0.4, 0.5) is 13.2 Å². The van der Waals surface area contributed by atoms with E-state index in [2.05, 4.69) is 0 Å². The van der Waals surface area contributed by atoms with E-state index in [9.17, 15) is 21.6 Å². The highest BCUT2D eigenvalue weighted by atomic mass is 32.2. The number of halogens is 3. The third-order valence-electron chi connectivity index (χ3n) is 5.98. The van der Waals surface area contributed by atoms with Gasteiger partial charge >= 0.3 is 6.18 Å². The zero-order valence-corrected chi connectivity index (χ0v) is 18.2. The summed E-state index contributed by atoms with van der Waals surface area (Å²) in [5.74, 6) is 0.675. The van der Waals surface area contributed by atoms with Crippen LogP contribution < -0.4 is 0 Å². The molecule has 8 heteroatoms. The molecule has 32 heavy (non-hydrogen) atoms. The molecule has 1 fully saturated rings. The standard InChI is InChI=1S/C24H24F3NO3S/c25-24(26,27)22-5-2-1-4-18(22)11-14-28-15-12-21(13-16-28)32(29,30)20-9-7-19(8-10-20)23-6-3-17-31-23/h1-10,17,21H,11-16H2. The molecule has 170 valence electrons. The van der Waals surface area contributed by atoms with Crippen LogP contribution in [0.25, 0.3) is 11.3 Å². The number of hydrogen-bond donors (Lipinski definition) is 0. The molecular weight excluding hydrogens is 439 g/mol. The van der Waals surface area contributed by atoms with Crippen LogP contribution in [0.5, 0.6) is 0 Å². The molecule has 4 nitrogen and oxygen atoms in total. The van der Waals surface area contributed by atoms with Gasteiger partial charge in [0.05, 0.1) is 22.0 Å². The van der Waals surface area contributed by atoms with E-state index in [0.717, 1.165) is 11.6 Å². The van der Waals surface area contributed by atoms with E-state index in [1.54, 1.807) is 42.7 Å². The van der Waals surface area contributed by atoms with Crippen LogP contribution in [0.2, 0.25) is 0 Å². The second kappa shape index (κ2) is 9.11. The predicted molar refractivity (Wildman–Crippen MR) is 116 cm³/mol. The van der Waals surface area contributed by atoms with Gasteiger partial charge in [-0.1, -0.05) is 18.2 Å². The van der Waals surface area contributed by atoms with Gasteiger partial charge in [0.25, 0.3) is 0 Å². The molecule has 4 rings (SSSR count). The fourth-order valence-electron chi connectivity index (χ4n) is 4.18. The first-order chi connectivity index (χ1) is 15.2. The lowest BCUT2D eigenvalue weighted by atomic mass is 10.0. The molecule has 0 bridgehead atoms. The minimum atomic E-state index is -4.37. The van der Waals surface area contributed by atoms with E-state index >= 15 is 0 Å². The number of nitrogens with zero attached hydrogens (tertiary/aromatic N) is 1. The Bertz CT molecular complexity index is 1130. The van der Waals surface area contributed by atoms with Gasteiger partial charge < -0.3 is 9.32 Å². The summed E-state index contributed by atoms with van der Waals surface area (Å²) in [6.45, 7) is 1.56. The average Bonchev–Trinajstić information content (AvgIpc) is 3.33. The highest BCUT2D eigenvalue weighted by molar-refractivity contribution is 7.92. The zero-order chi connectivity index (χ0) is 22.8. The van der Waals surface area contributed by atoms with E-state index < -0.39 is 26.8 Å². The summed E-state index contributed by atoms with van der Waals surface area (Å²) in [6.07, 6.45) is -1.60. The number of sulfone groups is 1. The van der Waals surface area contributed by atoms with Crippen molar-refractivity contribution in [3.63, 3.8) is 0 Å². The SMILES string of the molecule is O=S(=O)(c1ccc(-c2ccco2)cc1)C1CCN(CCc2ccccc2C(F)(F)F)CC1. The summed E-state index contributed by atoms with van der Waals surface area (Å²) in [6, 6.07) is 15.9. The van der Waals surface area contributed by atoms with Crippen LogP contribution in [-0.2, 0) is 22.4 Å². The van der Waals surface area contributed by atoms with Crippen molar-refractivity contribution in [2.75, 3.05) is 19.6 Å². The molecule has 1 aromatic heterocycles. The fourth-order valence-corrected chi connectivity index (χ4v) is 5.91. The molecule has 0 aliphatic carbocycles. The topological polar surface area (TPSA) is 50.5 Å². The lowest BCUT2D eigenvalue weighted by Gasteiger charge is -2.32. The first kappa shape index (κ1) is 22.6. The molecule has 0 unspecified atom stereocenters. The Labute approximate surface area is 185 Å². The number of furan rings is 1. The maximum atomic E-state index is 13.2. The molecule has 0 radical (unpaired) electrons. The van der Waals surface area contributed by atoms with Crippen LogP contribution in [-0.4, -0.2) is 38.2 Å². The van der Waals surface area contributed by atoms with Gasteiger partial charge in [-0.25, -0.2) is 8.42 Å². The Kier molecular flexibility index (Phi) is 6.44. The Balaban J connectivity index is 1.35. The van der Waals surface area contributed by atoms with Crippen molar-refractivity contribution in [1.29, 1.82) is 0 Å². The summed E-state index contributed by atoms with van der Waals surface area (Å²) in [5.41, 5.74) is 0.477. The smallest absolute Gasteiger partial charge is 0.416 e. The van der Waals surface area contributed by atoms with E-state index in [-0.39, 0.29) is 16.9 Å². The van der Waals surface area contributed by atoms with E-state index in [1.807, 2.05) is 11.0 Å². The number of hydrogen-bond acceptors (Lipinski definition) is 4. The van der Waals surface area contributed by atoms with E-state index in [4.69, 9.17) is 4.42 Å². The van der Waals surface area contributed by atoms with Gasteiger partial charge in [-0.05, 0) is 80.4 Å². The van der Waals surface area contributed by atoms with Gasteiger partial charge in [-0.2, -0.15) is 13.2 Å². The monoisotopic (exact) mass is 463 g/mol. The molecule has 1 aliphatic rings. The predicted octanol–water partition coefficient (Wildman–Crippen LogP) is 5.45. The van der Waals surface area contributed by atoms with Crippen molar-refractivity contribution < 1.29 is 26.0 Å². The van der Waals surface area contributed by atoms with Crippen molar-refractivity contribution in [1.82, 2.24) is 4.90 Å². The van der Waals surface area contributed by atoms with Crippen LogP contribution in [0.3, 0.4) is 0 Å². The highest BCUT2D eigenvalue weighted by Crippen LogP contribution is 2.32. The molecule has 1 aliphatic heterocycles. The second-order valence-electron chi connectivity index (χ2n) is 7.99. The van der Waals surface area contributed by atoms with Crippen LogP contribution in [0.15, 0.2) is 76.2 Å².